The number of H-pyrrole nitrogens is 1. The van der Waals surface area contributed by atoms with Gasteiger partial charge in [0.1, 0.15) is 0 Å². The first-order valence-electron chi connectivity index (χ1n) is 8.73. The number of phenols is 1. The number of aryl methyl sites for hydroxylation is 1. The lowest BCUT2D eigenvalue weighted by molar-refractivity contribution is 0.396. The first-order chi connectivity index (χ1) is 12.6. The van der Waals surface area contributed by atoms with Crippen LogP contribution >= 0.6 is 0 Å². The number of aromatic nitrogens is 2. The summed E-state index contributed by atoms with van der Waals surface area (Å²) in [6.07, 6.45) is 5.79. The van der Waals surface area contributed by atoms with E-state index in [0.717, 1.165) is 65.2 Å². The molecule has 130 valence electrons. The predicted molar refractivity (Wildman–Crippen MR) is 97.3 cm³/mol. The van der Waals surface area contributed by atoms with Crippen LogP contribution in [-0.2, 0) is 12.8 Å². The number of hydrogen-bond donors (Lipinski definition) is 2. The molecule has 1 aliphatic rings. The summed E-state index contributed by atoms with van der Waals surface area (Å²) in [5, 5.41) is 11.7. The zero-order chi connectivity index (χ0) is 17.8. The van der Waals surface area contributed by atoms with Gasteiger partial charge in [0.15, 0.2) is 17.4 Å². The van der Waals surface area contributed by atoms with Gasteiger partial charge in [-0.15, -0.1) is 0 Å². The zero-order valence-corrected chi connectivity index (χ0v) is 13.9. The van der Waals surface area contributed by atoms with Gasteiger partial charge in [-0.1, -0.05) is 0 Å². The number of hydrogen-bond acceptors (Lipinski definition) is 2. The molecule has 1 aliphatic carbocycles. The van der Waals surface area contributed by atoms with Gasteiger partial charge in [-0.3, -0.25) is 0 Å². The molecule has 0 fully saturated rings. The number of rotatable bonds is 1. The monoisotopic (exact) mass is 350 g/mol. The second kappa shape index (κ2) is 5.53. The number of fused-ring (bicyclic) bond motifs is 5. The van der Waals surface area contributed by atoms with Crippen molar-refractivity contribution in [3.05, 3.63) is 59.3 Å². The minimum Gasteiger partial charge on any atom is -0.503 e. The SMILES string of the molecule is Oc1c(F)cc(-c2nc3ccc4[nH]ccc4c3c3c2CCCC3)cc1F. The molecule has 0 atom stereocenters. The second-order valence-corrected chi connectivity index (χ2v) is 6.81. The second-order valence-electron chi connectivity index (χ2n) is 6.81. The van der Waals surface area contributed by atoms with Gasteiger partial charge in [-0.05, 0) is 67.1 Å². The maximum absolute atomic E-state index is 13.9. The van der Waals surface area contributed by atoms with Crippen molar-refractivity contribution >= 4 is 21.8 Å². The molecule has 0 saturated heterocycles. The highest BCUT2D eigenvalue weighted by Gasteiger charge is 2.22. The van der Waals surface area contributed by atoms with E-state index in [-0.39, 0.29) is 0 Å². The third-order valence-electron chi connectivity index (χ3n) is 5.29. The van der Waals surface area contributed by atoms with Crippen molar-refractivity contribution < 1.29 is 13.9 Å². The normalized spacial score (nSPS) is 14.1. The summed E-state index contributed by atoms with van der Waals surface area (Å²) in [6, 6.07) is 8.29. The summed E-state index contributed by atoms with van der Waals surface area (Å²) in [4.78, 5) is 8.00. The summed E-state index contributed by atoms with van der Waals surface area (Å²) < 4.78 is 27.8. The fraction of sp³-hybridized carbons (Fsp3) is 0.190. The van der Waals surface area contributed by atoms with Gasteiger partial charge in [-0.2, -0.15) is 0 Å². The number of halogens is 2. The Hall–Kier alpha value is -2.95. The highest BCUT2D eigenvalue weighted by Crippen LogP contribution is 2.39. The number of pyridine rings is 1. The van der Waals surface area contributed by atoms with E-state index in [1.54, 1.807) is 0 Å². The number of aromatic amines is 1. The van der Waals surface area contributed by atoms with Crippen molar-refractivity contribution in [2.75, 3.05) is 0 Å². The van der Waals surface area contributed by atoms with Gasteiger partial charge >= 0.3 is 0 Å². The standard InChI is InChI=1S/C21H16F2N2O/c22-15-9-11(10-16(23)21(15)26)20-13-4-2-1-3-12(13)19-14-7-8-24-17(14)5-6-18(19)25-20/h5-10,24,26H,1-4H2. The van der Waals surface area contributed by atoms with Gasteiger partial charge in [-0.25, -0.2) is 13.8 Å². The molecule has 5 rings (SSSR count). The molecule has 0 radical (unpaired) electrons. The van der Waals surface area contributed by atoms with Gasteiger partial charge < -0.3 is 10.1 Å². The van der Waals surface area contributed by atoms with Gasteiger partial charge in [0.2, 0.25) is 0 Å². The van der Waals surface area contributed by atoms with Crippen LogP contribution in [0.2, 0.25) is 0 Å². The Labute approximate surface area is 148 Å². The van der Waals surface area contributed by atoms with Crippen LogP contribution in [0.1, 0.15) is 24.0 Å². The molecular formula is C21H16F2N2O. The lowest BCUT2D eigenvalue weighted by atomic mass is 9.85. The number of benzene rings is 2. The molecule has 2 aromatic heterocycles. The van der Waals surface area contributed by atoms with Crippen molar-refractivity contribution in [2.24, 2.45) is 0 Å². The molecule has 0 spiro atoms. The summed E-state index contributed by atoms with van der Waals surface area (Å²) in [6.45, 7) is 0. The van der Waals surface area contributed by atoms with Crippen LogP contribution < -0.4 is 0 Å². The van der Waals surface area contributed by atoms with Crippen LogP contribution in [0, 0.1) is 11.6 Å². The Morgan fingerprint density at radius 3 is 2.46 bits per heavy atom. The molecule has 0 bridgehead atoms. The van der Waals surface area contributed by atoms with Crippen molar-refractivity contribution in [1.29, 1.82) is 0 Å². The Kier molecular flexibility index (Phi) is 3.26. The van der Waals surface area contributed by atoms with Crippen LogP contribution in [0.3, 0.4) is 0 Å². The summed E-state index contributed by atoms with van der Waals surface area (Å²) in [7, 11) is 0. The highest BCUT2D eigenvalue weighted by molar-refractivity contribution is 6.08. The third-order valence-corrected chi connectivity index (χ3v) is 5.29. The summed E-state index contributed by atoms with van der Waals surface area (Å²) >= 11 is 0. The van der Waals surface area contributed by atoms with E-state index in [9.17, 15) is 13.9 Å². The van der Waals surface area contributed by atoms with E-state index < -0.39 is 17.4 Å². The van der Waals surface area contributed by atoms with Crippen molar-refractivity contribution in [2.45, 2.75) is 25.7 Å². The van der Waals surface area contributed by atoms with Crippen molar-refractivity contribution in [1.82, 2.24) is 9.97 Å². The molecule has 3 nitrogen and oxygen atoms in total. The molecule has 0 saturated carbocycles. The molecule has 2 N–H and O–H groups in total. The fourth-order valence-corrected chi connectivity index (χ4v) is 4.10. The van der Waals surface area contributed by atoms with Crippen molar-refractivity contribution in [3.63, 3.8) is 0 Å². The number of phenolic OH excluding ortho intramolecular Hbond substituents is 1. The predicted octanol–water partition coefficient (Wildman–Crippen LogP) is 5.25. The number of nitrogens with one attached hydrogen (secondary N) is 1. The molecule has 2 heterocycles. The van der Waals surface area contributed by atoms with E-state index in [1.165, 1.54) is 5.56 Å². The van der Waals surface area contributed by atoms with Crippen molar-refractivity contribution in [3.8, 4) is 17.0 Å². The lowest BCUT2D eigenvalue weighted by Gasteiger charge is -2.22. The maximum Gasteiger partial charge on any atom is 0.187 e. The lowest BCUT2D eigenvalue weighted by Crippen LogP contribution is -2.08. The number of aromatic hydroxyl groups is 1. The first-order valence-corrected chi connectivity index (χ1v) is 8.73. The summed E-state index contributed by atoms with van der Waals surface area (Å²) in [5.74, 6) is -2.88. The zero-order valence-electron chi connectivity index (χ0n) is 13.9. The van der Waals surface area contributed by atoms with E-state index in [0.29, 0.717) is 11.3 Å². The Morgan fingerprint density at radius 1 is 0.962 bits per heavy atom. The molecule has 5 heteroatoms. The highest BCUT2D eigenvalue weighted by atomic mass is 19.1. The van der Waals surface area contributed by atoms with E-state index in [4.69, 9.17) is 4.98 Å². The third kappa shape index (κ3) is 2.13. The summed E-state index contributed by atoms with van der Waals surface area (Å²) in [5.41, 5.74) is 5.13. The van der Waals surface area contributed by atoms with E-state index in [1.807, 2.05) is 24.4 Å². The molecule has 4 aromatic rings. The molecule has 0 aliphatic heterocycles. The van der Waals surface area contributed by atoms with Crippen LogP contribution in [0.5, 0.6) is 5.75 Å². The van der Waals surface area contributed by atoms with Gasteiger partial charge in [0.05, 0.1) is 11.2 Å². The van der Waals surface area contributed by atoms with E-state index >= 15 is 0 Å². The Morgan fingerprint density at radius 2 is 1.69 bits per heavy atom. The van der Waals surface area contributed by atoms with E-state index in [2.05, 4.69) is 4.98 Å². The minimum atomic E-state index is -0.965. The van der Waals surface area contributed by atoms with Crippen LogP contribution in [0.4, 0.5) is 8.78 Å². The fourth-order valence-electron chi connectivity index (χ4n) is 4.10. The molecule has 2 aromatic carbocycles. The molecule has 0 amide bonds. The molecule has 0 unspecified atom stereocenters. The van der Waals surface area contributed by atoms with Crippen LogP contribution in [-0.4, -0.2) is 15.1 Å². The molecular weight excluding hydrogens is 334 g/mol. The Balaban J connectivity index is 1.88. The quantitative estimate of drug-likeness (QED) is 0.493. The average Bonchev–Trinajstić information content (AvgIpc) is 3.13. The number of nitrogens with zero attached hydrogens (tertiary/aromatic N) is 1. The average molecular weight is 350 g/mol. The smallest absolute Gasteiger partial charge is 0.187 e. The minimum absolute atomic E-state index is 0.368. The van der Waals surface area contributed by atoms with Crippen LogP contribution in [0.15, 0.2) is 36.5 Å². The maximum atomic E-state index is 13.9. The topological polar surface area (TPSA) is 48.9 Å². The largest absolute Gasteiger partial charge is 0.503 e. The van der Waals surface area contributed by atoms with Crippen LogP contribution in [0.25, 0.3) is 33.1 Å². The Bertz CT molecular complexity index is 1160. The molecule has 26 heavy (non-hydrogen) atoms. The first kappa shape index (κ1) is 15.3. The van der Waals surface area contributed by atoms with Gasteiger partial charge in [0, 0.05) is 28.0 Å². The van der Waals surface area contributed by atoms with Gasteiger partial charge in [0.25, 0.3) is 0 Å².